The van der Waals surface area contributed by atoms with Crippen LogP contribution in [0.15, 0.2) is 40.4 Å². The standard InChI is InChI=1S/C8H9N5O/c9-13-11-6-10-8(12-14)7-4-2-1-3-5-7/h1-5,14H,6H2,(H,10,12). The number of hydrogen-bond acceptors (Lipinski definition) is 3. The van der Waals surface area contributed by atoms with Crippen LogP contribution in [0, 0.1) is 0 Å². The highest BCUT2D eigenvalue weighted by Crippen LogP contribution is 1.98. The van der Waals surface area contributed by atoms with E-state index in [9.17, 15) is 0 Å². The molecule has 0 atom stereocenters. The van der Waals surface area contributed by atoms with Gasteiger partial charge < -0.3 is 0 Å². The topological polar surface area (TPSA) is 93.4 Å². The Morgan fingerprint density at radius 2 is 2.14 bits per heavy atom. The highest BCUT2D eigenvalue weighted by molar-refractivity contribution is 5.97. The van der Waals surface area contributed by atoms with Gasteiger partial charge in [-0.15, -0.1) is 0 Å². The molecule has 1 aromatic carbocycles. The van der Waals surface area contributed by atoms with Crippen molar-refractivity contribution in [1.29, 1.82) is 0 Å². The summed E-state index contributed by atoms with van der Waals surface area (Å²) in [6.07, 6.45) is 0. The molecule has 0 saturated heterocycles. The predicted molar refractivity (Wildman–Crippen MR) is 51.9 cm³/mol. The first-order valence-corrected chi connectivity index (χ1v) is 3.89. The van der Waals surface area contributed by atoms with Gasteiger partial charge in [0.2, 0.25) is 0 Å². The van der Waals surface area contributed by atoms with E-state index in [1.165, 1.54) is 0 Å². The van der Waals surface area contributed by atoms with Gasteiger partial charge in [0, 0.05) is 10.5 Å². The van der Waals surface area contributed by atoms with Gasteiger partial charge in [0.05, 0.1) is 0 Å². The molecule has 0 amide bonds. The summed E-state index contributed by atoms with van der Waals surface area (Å²) in [5.41, 5.74) is 10.7. The second-order valence-electron chi connectivity index (χ2n) is 2.36. The van der Waals surface area contributed by atoms with Crippen molar-refractivity contribution >= 4 is 5.84 Å². The Hall–Kier alpha value is -2.04. The molecule has 0 aliphatic carbocycles. The highest BCUT2D eigenvalue weighted by atomic mass is 16.5. The fourth-order valence-corrected chi connectivity index (χ4v) is 0.918. The van der Waals surface area contributed by atoms with Crippen molar-refractivity contribution in [2.24, 2.45) is 10.1 Å². The average molecular weight is 191 g/mol. The number of azide groups is 1. The third-order valence-corrected chi connectivity index (χ3v) is 1.51. The first kappa shape index (κ1) is 10.0. The van der Waals surface area contributed by atoms with Crippen LogP contribution in [0.2, 0.25) is 0 Å². The largest absolute Gasteiger partial charge is 0.290 e. The van der Waals surface area contributed by atoms with E-state index in [0.29, 0.717) is 0 Å². The maximum atomic E-state index is 8.76. The van der Waals surface area contributed by atoms with Crippen molar-refractivity contribution in [1.82, 2.24) is 5.48 Å². The summed E-state index contributed by atoms with van der Waals surface area (Å²) in [7, 11) is 0. The third-order valence-electron chi connectivity index (χ3n) is 1.51. The van der Waals surface area contributed by atoms with Gasteiger partial charge in [-0.25, -0.2) is 0 Å². The lowest BCUT2D eigenvalue weighted by atomic mass is 10.2. The zero-order chi connectivity index (χ0) is 10.2. The fraction of sp³-hybridized carbons (Fsp3) is 0.125. The molecule has 0 aromatic heterocycles. The van der Waals surface area contributed by atoms with Crippen molar-refractivity contribution in [2.75, 3.05) is 6.67 Å². The minimum Gasteiger partial charge on any atom is -0.290 e. The molecular formula is C8H9N5O. The zero-order valence-electron chi connectivity index (χ0n) is 7.33. The molecule has 1 aromatic rings. The van der Waals surface area contributed by atoms with Crippen LogP contribution in [0.4, 0.5) is 0 Å². The number of rotatable bonds is 3. The SMILES string of the molecule is [N-]=[N+]=NCN=C(NO)c1ccccc1. The number of aliphatic imine (C=N–C) groups is 1. The van der Waals surface area contributed by atoms with Gasteiger partial charge in [0.25, 0.3) is 0 Å². The maximum absolute atomic E-state index is 8.76. The van der Waals surface area contributed by atoms with Crippen molar-refractivity contribution < 1.29 is 5.21 Å². The van der Waals surface area contributed by atoms with Gasteiger partial charge in [-0.05, 0) is 5.53 Å². The molecule has 0 radical (unpaired) electrons. The lowest BCUT2D eigenvalue weighted by Crippen LogP contribution is -2.20. The summed E-state index contributed by atoms with van der Waals surface area (Å²) in [5, 5.41) is 12.0. The molecule has 1 rings (SSSR count). The minimum atomic E-state index is -0.0473. The van der Waals surface area contributed by atoms with Crippen molar-refractivity contribution in [2.45, 2.75) is 0 Å². The number of benzene rings is 1. The van der Waals surface area contributed by atoms with E-state index in [2.05, 4.69) is 15.0 Å². The van der Waals surface area contributed by atoms with E-state index in [1.54, 1.807) is 12.1 Å². The van der Waals surface area contributed by atoms with Crippen LogP contribution in [-0.4, -0.2) is 17.7 Å². The van der Waals surface area contributed by atoms with E-state index in [0.717, 1.165) is 5.56 Å². The number of hydrogen-bond donors (Lipinski definition) is 2. The monoisotopic (exact) mass is 191 g/mol. The first-order valence-electron chi connectivity index (χ1n) is 3.89. The molecule has 0 bridgehead atoms. The molecule has 2 N–H and O–H groups in total. The minimum absolute atomic E-state index is 0.0473. The fourth-order valence-electron chi connectivity index (χ4n) is 0.918. The molecule has 0 fully saturated rings. The van der Waals surface area contributed by atoms with Crippen LogP contribution in [0.5, 0.6) is 0 Å². The number of nitrogens with zero attached hydrogens (tertiary/aromatic N) is 4. The summed E-state index contributed by atoms with van der Waals surface area (Å²) in [5.74, 6) is 0.276. The second-order valence-corrected chi connectivity index (χ2v) is 2.36. The van der Waals surface area contributed by atoms with Crippen LogP contribution in [0.3, 0.4) is 0 Å². The third kappa shape index (κ3) is 2.78. The molecule has 0 saturated carbocycles. The van der Waals surface area contributed by atoms with Gasteiger partial charge in [0.1, 0.15) is 6.67 Å². The van der Waals surface area contributed by atoms with Gasteiger partial charge in [0.15, 0.2) is 5.84 Å². The Balaban J connectivity index is 2.81. The molecule has 72 valence electrons. The number of nitrogens with one attached hydrogen (secondary N) is 1. The average Bonchev–Trinajstić information content (AvgIpc) is 2.26. The van der Waals surface area contributed by atoms with Crippen LogP contribution in [-0.2, 0) is 0 Å². The molecule has 14 heavy (non-hydrogen) atoms. The van der Waals surface area contributed by atoms with Crippen LogP contribution in [0.1, 0.15) is 5.56 Å². The van der Waals surface area contributed by atoms with Gasteiger partial charge in [-0.3, -0.25) is 15.7 Å². The quantitative estimate of drug-likeness (QED) is 0.190. The van der Waals surface area contributed by atoms with E-state index in [-0.39, 0.29) is 12.5 Å². The Kier molecular flexibility index (Phi) is 4.00. The Morgan fingerprint density at radius 3 is 2.71 bits per heavy atom. The lowest BCUT2D eigenvalue weighted by molar-refractivity contribution is 0.234. The molecule has 0 heterocycles. The smallest absolute Gasteiger partial charge is 0.152 e. The Morgan fingerprint density at radius 1 is 1.43 bits per heavy atom. The number of hydroxylamine groups is 1. The lowest BCUT2D eigenvalue weighted by Gasteiger charge is -2.02. The van der Waals surface area contributed by atoms with Crippen LogP contribution >= 0.6 is 0 Å². The maximum Gasteiger partial charge on any atom is 0.152 e. The first-order chi connectivity index (χ1) is 6.88. The van der Waals surface area contributed by atoms with E-state index < -0.39 is 0 Å². The van der Waals surface area contributed by atoms with Gasteiger partial charge >= 0.3 is 0 Å². The summed E-state index contributed by atoms with van der Waals surface area (Å²) in [6.45, 7) is -0.0473. The molecule has 6 nitrogen and oxygen atoms in total. The summed E-state index contributed by atoms with van der Waals surface area (Å²) < 4.78 is 0. The highest BCUT2D eigenvalue weighted by Gasteiger charge is 1.98. The van der Waals surface area contributed by atoms with Crippen LogP contribution < -0.4 is 5.48 Å². The Bertz CT molecular complexity index is 355. The van der Waals surface area contributed by atoms with E-state index >= 15 is 0 Å². The van der Waals surface area contributed by atoms with E-state index in [4.69, 9.17) is 10.7 Å². The van der Waals surface area contributed by atoms with Gasteiger partial charge in [-0.1, -0.05) is 35.4 Å². The van der Waals surface area contributed by atoms with Crippen LogP contribution in [0.25, 0.3) is 10.4 Å². The molecule has 0 unspecified atom stereocenters. The van der Waals surface area contributed by atoms with Gasteiger partial charge in [-0.2, -0.15) is 0 Å². The summed E-state index contributed by atoms with van der Waals surface area (Å²) >= 11 is 0. The predicted octanol–water partition coefficient (Wildman–Crippen LogP) is 1.68. The molecule has 0 aliphatic rings. The molecule has 0 aliphatic heterocycles. The second kappa shape index (κ2) is 5.58. The van der Waals surface area contributed by atoms with Crippen molar-refractivity contribution in [3.8, 4) is 0 Å². The zero-order valence-corrected chi connectivity index (χ0v) is 7.33. The molecule has 6 heteroatoms. The van der Waals surface area contributed by atoms with Crippen molar-refractivity contribution in [3.05, 3.63) is 46.3 Å². The summed E-state index contributed by atoms with van der Waals surface area (Å²) in [6, 6.07) is 9.04. The normalized spacial score (nSPS) is 10.5. The Labute approximate surface area is 80.5 Å². The van der Waals surface area contributed by atoms with Crippen molar-refractivity contribution in [3.63, 3.8) is 0 Å². The molecular weight excluding hydrogens is 182 g/mol. The summed E-state index contributed by atoms with van der Waals surface area (Å²) in [4.78, 5) is 6.38. The number of amidine groups is 1. The molecule has 0 spiro atoms. The van der Waals surface area contributed by atoms with E-state index in [1.807, 2.05) is 23.7 Å².